The summed E-state index contributed by atoms with van der Waals surface area (Å²) in [4.78, 5) is 0. The average molecular weight is 284 g/mol. The van der Waals surface area contributed by atoms with Gasteiger partial charge in [-0.15, -0.1) is 0 Å². The first-order chi connectivity index (χ1) is 7.47. The van der Waals surface area contributed by atoms with Crippen LogP contribution < -0.4 is 0 Å². The molecule has 1 saturated heterocycles. The summed E-state index contributed by atoms with van der Waals surface area (Å²) >= 11 is 0. The van der Waals surface area contributed by atoms with Gasteiger partial charge in [0.2, 0.25) is 0 Å². The maximum atomic E-state index is 12.5. The maximum Gasteiger partial charge on any atom is 0.475 e. The molecule has 1 rings (SSSR count). The van der Waals surface area contributed by atoms with Gasteiger partial charge in [0.1, 0.15) is 6.61 Å². The monoisotopic (exact) mass is 284 g/mol. The maximum absolute atomic E-state index is 12.5. The molecule has 2 unspecified atom stereocenters. The van der Waals surface area contributed by atoms with Crippen LogP contribution in [0, 0.1) is 0 Å². The van der Waals surface area contributed by atoms with E-state index in [1.54, 1.807) is 0 Å². The van der Waals surface area contributed by atoms with E-state index in [1.807, 2.05) is 0 Å². The fourth-order valence-corrected chi connectivity index (χ4v) is 2.56. The van der Waals surface area contributed by atoms with Crippen molar-refractivity contribution in [2.75, 3.05) is 6.61 Å². The highest BCUT2D eigenvalue weighted by atomic mass is 31.2. The van der Waals surface area contributed by atoms with Crippen molar-refractivity contribution in [1.82, 2.24) is 0 Å². The first-order valence-electron chi connectivity index (χ1n) is 4.53. The van der Waals surface area contributed by atoms with Crippen LogP contribution >= 0.6 is 7.82 Å². The molecule has 0 bridgehead atoms. The molecule has 102 valence electrons. The first kappa shape index (κ1) is 14.8. The number of phosphoric ester groups is 1. The molecule has 17 heavy (non-hydrogen) atoms. The molecule has 1 fully saturated rings. The number of rotatable bonds is 3. The van der Waals surface area contributed by atoms with E-state index in [0.29, 0.717) is 0 Å². The van der Waals surface area contributed by atoms with Crippen molar-refractivity contribution in [3.05, 3.63) is 0 Å². The molecule has 10 heteroatoms. The summed E-state index contributed by atoms with van der Waals surface area (Å²) < 4.78 is 84.8. The highest BCUT2D eigenvalue weighted by Crippen LogP contribution is 2.58. The van der Waals surface area contributed by atoms with Crippen molar-refractivity contribution in [2.45, 2.75) is 38.2 Å². The van der Waals surface area contributed by atoms with Gasteiger partial charge in [-0.2, -0.15) is 22.0 Å². The lowest BCUT2D eigenvalue weighted by Crippen LogP contribution is -2.40. The van der Waals surface area contributed by atoms with Crippen LogP contribution in [0.15, 0.2) is 0 Å². The Morgan fingerprint density at radius 2 is 1.53 bits per heavy atom. The molecule has 2 atom stereocenters. The fraction of sp³-hybridized carbons (Fsp3) is 1.00. The second-order valence-electron chi connectivity index (χ2n) is 3.54. The van der Waals surface area contributed by atoms with E-state index in [4.69, 9.17) is 0 Å². The van der Waals surface area contributed by atoms with Crippen molar-refractivity contribution in [1.29, 1.82) is 0 Å². The number of phosphoric acid groups is 1. The molecule has 1 aliphatic rings. The second kappa shape index (κ2) is 4.46. The minimum Gasteiger partial charge on any atom is -0.281 e. The largest absolute Gasteiger partial charge is 0.475 e. The SMILES string of the molecule is CC1OP(=O)(OCC(F)(F)C(F)(F)F)OC1C. The van der Waals surface area contributed by atoms with E-state index in [2.05, 4.69) is 13.6 Å². The summed E-state index contributed by atoms with van der Waals surface area (Å²) in [5.41, 5.74) is 0. The summed E-state index contributed by atoms with van der Waals surface area (Å²) in [5, 5.41) is 0. The van der Waals surface area contributed by atoms with Crippen LogP contribution in [0.3, 0.4) is 0 Å². The molecule has 0 aliphatic carbocycles. The van der Waals surface area contributed by atoms with Gasteiger partial charge < -0.3 is 0 Å². The summed E-state index contributed by atoms with van der Waals surface area (Å²) in [5.74, 6) is -5.10. The predicted molar refractivity (Wildman–Crippen MR) is 45.7 cm³/mol. The lowest BCUT2D eigenvalue weighted by Gasteiger charge is -2.20. The Kier molecular flexibility index (Phi) is 3.88. The predicted octanol–water partition coefficient (Wildman–Crippen LogP) is 3.13. The quantitative estimate of drug-likeness (QED) is 0.590. The Morgan fingerprint density at radius 3 is 1.88 bits per heavy atom. The van der Waals surface area contributed by atoms with Gasteiger partial charge >= 0.3 is 19.9 Å². The van der Waals surface area contributed by atoms with Crippen LogP contribution in [-0.2, 0) is 18.1 Å². The van der Waals surface area contributed by atoms with E-state index >= 15 is 0 Å². The van der Waals surface area contributed by atoms with Crippen LogP contribution in [-0.4, -0.2) is 30.9 Å². The minimum atomic E-state index is -5.77. The summed E-state index contributed by atoms with van der Waals surface area (Å²) in [6.45, 7) is 0.748. The molecule has 0 aromatic carbocycles. The second-order valence-corrected chi connectivity index (χ2v) is 5.12. The van der Waals surface area contributed by atoms with Crippen molar-refractivity contribution in [3.8, 4) is 0 Å². The molecule has 0 aromatic rings. The highest BCUT2D eigenvalue weighted by Gasteiger charge is 2.59. The molecule has 0 aromatic heterocycles. The van der Waals surface area contributed by atoms with E-state index < -0.39 is 38.7 Å². The molecule has 0 spiro atoms. The van der Waals surface area contributed by atoms with E-state index in [-0.39, 0.29) is 0 Å². The topological polar surface area (TPSA) is 44.8 Å². The van der Waals surface area contributed by atoms with Crippen molar-refractivity contribution in [2.24, 2.45) is 0 Å². The molecular weight excluding hydrogens is 274 g/mol. The van der Waals surface area contributed by atoms with Gasteiger partial charge in [-0.1, -0.05) is 0 Å². The lowest BCUT2D eigenvalue weighted by molar-refractivity contribution is -0.290. The van der Waals surface area contributed by atoms with Crippen LogP contribution in [0.5, 0.6) is 0 Å². The van der Waals surface area contributed by atoms with Crippen molar-refractivity contribution in [3.63, 3.8) is 0 Å². The standard InChI is InChI=1S/C7H10F5O4P/c1-4-5(2)16-17(13,15-4)14-3-6(8,9)7(10,11)12/h4-5H,3H2,1-2H3. The van der Waals surface area contributed by atoms with E-state index in [0.717, 1.165) is 0 Å². The van der Waals surface area contributed by atoms with Crippen molar-refractivity contribution < 1.29 is 40.1 Å². The molecule has 0 N–H and O–H groups in total. The van der Waals surface area contributed by atoms with Crippen LogP contribution in [0.25, 0.3) is 0 Å². The molecule has 1 heterocycles. The third kappa shape index (κ3) is 3.37. The third-order valence-electron chi connectivity index (χ3n) is 2.07. The molecule has 0 radical (unpaired) electrons. The summed E-state index contributed by atoms with van der Waals surface area (Å²) in [7, 11) is -4.33. The number of hydrogen-bond donors (Lipinski definition) is 0. The highest BCUT2D eigenvalue weighted by molar-refractivity contribution is 7.48. The van der Waals surface area contributed by atoms with Gasteiger partial charge in [0.05, 0.1) is 12.2 Å². The number of alkyl halides is 5. The van der Waals surface area contributed by atoms with Gasteiger partial charge in [0.15, 0.2) is 0 Å². The average Bonchev–Trinajstić information content (AvgIpc) is 2.37. The zero-order chi connectivity index (χ0) is 13.5. The summed E-state index contributed by atoms with van der Waals surface area (Å²) in [6, 6.07) is 0. The zero-order valence-corrected chi connectivity index (χ0v) is 9.73. The summed E-state index contributed by atoms with van der Waals surface area (Å²) in [6.07, 6.45) is -7.19. The molecule has 1 aliphatic heterocycles. The molecular formula is C7H10F5O4P. The van der Waals surface area contributed by atoms with Gasteiger partial charge in [0, 0.05) is 0 Å². The number of hydrogen-bond acceptors (Lipinski definition) is 4. The van der Waals surface area contributed by atoms with Gasteiger partial charge in [0.25, 0.3) is 0 Å². The van der Waals surface area contributed by atoms with Crippen LogP contribution in [0.1, 0.15) is 13.8 Å². The van der Waals surface area contributed by atoms with E-state index in [9.17, 15) is 26.5 Å². The molecule has 0 saturated carbocycles. The Labute approximate surface area is 93.6 Å². The Bertz CT molecular complexity index is 317. The fourth-order valence-electron chi connectivity index (χ4n) is 0.906. The lowest BCUT2D eigenvalue weighted by atomic mass is 10.3. The van der Waals surface area contributed by atoms with Gasteiger partial charge in [-0.3, -0.25) is 13.6 Å². The normalized spacial score (nSPS) is 35.2. The first-order valence-corrected chi connectivity index (χ1v) is 5.99. The van der Waals surface area contributed by atoms with Gasteiger partial charge in [-0.05, 0) is 13.8 Å². The Morgan fingerprint density at radius 1 is 1.12 bits per heavy atom. The third-order valence-corrected chi connectivity index (χ3v) is 3.70. The smallest absolute Gasteiger partial charge is 0.281 e. The van der Waals surface area contributed by atoms with Crippen molar-refractivity contribution >= 4 is 7.82 Å². The van der Waals surface area contributed by atoms with E-state index in [1.165, 1.54) is 13.8 Å². The zero-order valence-electron chi connectivity index (χ0n) is 8.83. The molecule has 0 amide bonds. The minimum absolute atomic E-state index is 0.708. The Balaban J connectivity index is 2.61. The molecule has 4 nitrogen and oxygen atoms in total. The number of halogens is 5. The Hall–Kier alpha value is -0.240. The van der Waals surface area contributed by atoms with Crippen LogP contribution in [0.4, 0.5) is 22.0 Å². The van der Waals surface area contributed by atoms with Gasteiger partial charge in [-0.25, -0.2) is 4.57 Å². The van der Waals surface area contributed by atoms with Crippen LogP contribution in [0.2, 0.25) is 0 Å².